The van der Waals surface area contributed by atoms with Crippen LogP contribution < -0.4 is 5.32 Å². The van der Waals surface area contributed by atoms with Gasteiger partial charge in [-0.25, -0.2) is 8.42 Å². The molecule has 7 heteroatoms. The Hall–Kier alpha value is -0.500. The van der Waals surface area contributed by atoms with Crippen molar-refractivity contribution in [3.05, 3.63) is 17.9 Å². The SMILES string of the molecule is CSCCC(C)N(C)S(=O)(=O)c1ccc(CNC2CC2)o1. The van der Waals surface area contributed by atoms with Gasteiger partial charge in [0.1, 0.15) is 5.76 Å². The summed E-state index contributed by atoms with van der Waals surface area (Å²) in [5.74, 6) is 1.61. The average molecular weight is 332 g/mol. The Balaban J connectivity index is 2.00. The fourth-order valence-electron chi connectivity index (χ4n) is 1.97. The second kappa shape index (κ2) is 7.17. The van der Waals surface area contributed by atoms with E-state index in [2.05, 4.69) is 5.32 Å². The van der Waals surface area contributed by atoms with Crippen molar-refractivity contribution in [2.75, 3.05) is 19.1 Å². The second-order valence-corrected chi connectivity index (χ2v) is 8.44. The van der Waals surface area contributed by atoms with Crippen molar-refractivity contribution in [1.82, 2.24) is 9.62 Å². The Morgan fingerprint density at radius 3 is 2.81 bits per heavy atom. The van der Waals surface area contributed by atoms with Gasteiger partial charge in [-0.05, 0) is 50.3 Å². The van der Waals surface area contributed by atoms with E-state index in [4.69, 9.17) is 4.42 Å². The van der Waals surface area contributed by atoms with Crippen LogP contribution in [0.3, 0.4) is 0 Å². The van der Waals surface area contributed by atoms with Crippen molar-refractivity contribution in [2.45, 2.75) is 49.9 Å². The Kier molecular flexibility index (Phi) is 5.76. The van der Waals surface area contributed by atoms with E-state index in [1.54, 1.807) is 30.9 Å². The zero-order valence-corrected chi connectivity index (χ0v) is 14.5. The van der Waals surface area contributed by atoms with Crippen LogP contribution in [-0.2, 0) is 16.6 Å². The van der Waals surface area contributed by atoms with Crippen LogP contribution in [0, 0.1) is 0 Å². The third-order valence-corrected chi connectivity index (χ3v) is 6.26. The number of nitrogens with one attached hydrogen (secondary N) is 1. The zero-order chi connectivity index (χ0) is 15.5. The molecule has 0 radical (unpaired) electrons. The molecule has 2 rings (SSSR count). The number of nitrogens with zero attached hydrogens (tertiary/aromatic N) is 1. The maximum absolute atomic E-state index is 12.5. The van der Waals surface area contributed by atoms with Gasteiger partial charge >= 0.3 is 0 Å². The molecule has 1 atom stereocenters. The highest BCUT2D eigenvalue weighted by Gasteiger charge is 2.28. The third kappa shape index (κ3) is 4.48. The van der Waals surface area contributed by atoms with Gasteiger partial charge in [0.2, 0.25) is 5.09 Å². The molecule has 1 aromatic rings. The van der Waals surface area contributed by atoms with Gasteiger partial charge in [0, 0.05) is 19.1 Å². The molecule has 0 spiro atoms. The summed E-state index contributed by atoms with van der Waals surface area (Å²) in [5, 5.41) is 3.35. The molecule has 0 amide bonds. The molecule has 1 fully saturated rings. The molecule has 0 saturated heterocycles. The standard InChI is InChI=1S/C14H24N2O3S2/c1-11(8-9-20-3)16(2)21(17,18)14-7-6-13(19-14)10-15-12-4-5-12/h6-7,11-12,15H,4-5,8-10H2,1-3H3. The molecule has 1 saturated carbocycles. The summed E-state index contributed by atoms with van der Waals surface area (Å²) in [6.45, 7) is 2.51. The highest BCUT2D eigenvalue weighted by Crippen LogP contribution is 2.23. The molecule has 1 heterocycles. The Bertz CT molecular complexity index is 552. The van der Waals surface area contributed by atoms with Crippen LogP contribution in [0.1, 0.15) is 31.9 Å². The van der Waals surface area contributed by atoms with Crippen molar-refractivity contribution < 1.29 is 12.8 Å². The fraction of sp³-hybridized carbons (Fsp3) is 0.714. The molecule has 1 aliphatic rings. The van der Waals surface area contributed by atoms with Gasteiger partial charge in [-0.3, -0.25) is 0 Å². The first-order chi connectivity index (χ1) is 9.95. The highest BCUT2D eigenvalue weighted by atomic mass is 32.2. The summed E-state index contributed by atoms with van der Waals surface area (Å²) in [5.41, 5.74) is 0. The molecule has 5 nitrogen and oxygen atoms in total. The number of hydrogen-bond donors (Lipinski definition) is 1. The van der Waals surface area contributed by atoms with Crippen molar-refractivity contribution in [2.24, 2.45) is 0 Å². The van der Waals surface area contributed by atoms with Crippen molar-refractivity contribution in [1.29, 1.82) is 0 Å². The van der Waals surface area contributed by atoms with Gasteiger partial charge in [-0.2, -0.15) is 16.1 Å². The molecular formula is C14H24N2O3S2. The van der Waals surface area contributed by atoms with Crippen molar-refractivity contribution in [3.63, 3.8) is 0 Å². The van der Waals surface area contributed by atoms with E-state index >= 15 is 0 Å². The molecule has 1 N–H and O–H groups in total. The molecule has 0 aromatic carbocycles. The predicted molar refractivity (Wildman–Crippen MR) is 86.0 cm³/mol. The van der Waals surface area contributed by atoms with E-state index in [0.29, 0.717) is 18.3 Å². The lowest BCUT2D eigenvalue weighted by Crippen LogP contribution is -2.35. The molecule has 0 aliphatic heterocycles. The van der Waals surface area contributed by atoms with Gasteiger partial charge in [0.05, 0.1) is 6.54 Å². The van der Waals surface area contributed by atoms with Gasteiger partial charge in [0.25, 0.3) is 10.0 Å². The molecule has 0 bridgehead atoms. The number of hydrogen-bond acceptors (Lipinski definition) is 5. The van der Waals surface area contributed by atoms with Gasteiger partial charge in [-0.15, -0.1) is 0 Å². The number of furan rings is 1. The van der Waals surface area contributed by atoms with Crippen molar-refractivity contribution in [3.8, 4) is 0 Å². The smallest absolute Gasteiger partial charge is 0.276 e. The van der Waals surface area contributed by atoms with E-state index in [9.17, 15) is 8.42 Å². The Morgan fingerprint density at radius 1 is 1.48 bits per heavy atom. The summed E-state index contributed by atoms with van der Waals surface area (Å²) in [7, 11) is -1.93. The summed E-state index contributed by atoms with van der Waals surface area (Å²) in [4.78, 5) is 0. The van der Waals surface area contributed by atoms with E-state index < -0.39 is 10.0 Å². The number of sulfonamides is 1. The minimum atomic E-state index is -3.54. The minimum absolute atomic E-state index is 0.0357. The van der Waals surface area contributed by atoms with Gasteiger partial charge in [0.15, 0.2) is 0 Å². The quantitative estimate of drug-likeness (QED) is 0.752. The predicted octanol–water partition coefficient (Wildman–Crippen LogP) is 2.29. The monoisotopic (exact) mass is 332 g/mol. The third-order valence-electron chi connectivity index (χ3n) is 3.77. The van der Waals surface area contributed by atoms with Gasteiger partial charge in [-0.1, -0.05) is 0 Å². The van der Waals surface area contributed by atoms with Crippen LogP contribution in [0.2, 0.25) is 0 Å². The van der Waals surface area contributed by atoms with E-state index in [1.807, 2.05) is 13.2 Å². The zero-order valence-electron chi connectivity index (χ0n) is 12.8. The van der Waals surface area contributed by atoms with Crippen LogP contribution in [0.25, 0.3) is 0 Å². The number of rotatable bonds is 9. The molecule has 1 aromatic heterocycles. The summed E-state index contributed by atoms with van der Waals surface area (Å²) >= 11 is 1.72. The van der Waals surface area contributed by atoms with E-state index in [0.717, 1.165) is 12.2 Å². The number of thioether (sulfide) groups is 1. The van der Waals surface area contributed by atoms with Crippen LogP contribution in [-0.4, -0.2) is 43.9 Å². The van der Waals surface area contributed by atoms with Crippen LogP contribution >= 0.6 is 11.8 Å². The lowest BCUT2D eigenvalue weighted by atomic mass is 10.3. The lowest BCUT2D eigenvalue weighted by Gasteiger charge is -2.22. The highest BCUT2D eigenvalue weighted by molar-refractivity contribution is 7.98. The first-order valence-electron chi connectivity index (χ1n) is 7.24. The minimum Gasteiger partial charge on any atom is -0.447 e. The first-order valence-corrected chi connectivity index (χ1v) is 10.1. The topological polar surface area (TPSA) is 62.6 Å². The summed E-state index contributed by atoms with van der Waals surface area (Å²) in [6, 6.07) is 3.82. The fourth-order valence-corrected chi connectivity index (χ4v) is 3.87. The maximum Gasteiger partial charge on any atom is 0.276 e. The van der Waals surface area contributed by atoms with E-state index in [-0.39, 0.29) is 11.1 Å². The second-order valence-electron chi connectivity index (χ2n) is 5.53. The largest absolute Gasteiger partial charge is 0.447 e. The summed E-state index contributed by atoms with van der Waals surface area (Å²) in [6.07, 6.45) is 5.24. The van der Waals surface area contributed by atoms with Crippen LogP contribution in [0.5, 0.6) is 0 Å². The van der Waals surface area contributed by atoms with Crippen molar-refractivity contribution >= 4 is 21.8 Å². The average Bonchev–Trinajstić information content (AvgIpc) is 3.17. The normalized spacial score (nSPS) is 17.3. The Labute approximate surface area is 131 Å². The van der Waals surface area contributed by atoms with Crippen LogP contribution in [0.4, 0.5) is 0 Å². The van der Waals surface area contributed by atoms with Gasteiger partial charge < -0.3 is 9.73 Å². The first kappa shape index (κ1) is 16.9. The molecule has 120 valence electrons. The molecule has 21 heavy (non-hydrogen) atoms. The molecule has 1 aliphatic carbocycles. The van der Waals surface area contributed by atoms with Crippen LogP contribution in [0.15, 0.2) is 21.6 Å². The lowest BCUT2D eigenvalue weighted by molar-refractivity contribution is 0.348. The summed E-state index contributed by atoms with van der Waals surface area (Å²) < 4.78 is 31.9. The molecule has 1 unspecified atom stereocenters. The molecular weight excluding hydrogens is 308 g/mol. The Morgan fingerprint density at radius 2 is 2.19 bits per heavy atom. The maximum atomic E-state index is 12.5. The van der Waals surface area contributed by atoms with E-state index in [1.165, 1.54) is 17.1 Å².